The molecule has 1 aromatic heterocycles. The molecule has 2 aromatic carbocycles. The minimum Gasteiger partial charge on any atom is -0.385 e. The van der Waals surface area contributed by atoms with E-state index in [2.05, 4.69) is 27.2 Å². The Balaban J connectivity index is 1.42. The molecule has 0 spiro atoms. The summed E-state index contributed by atoms with van der Waals surface area (Å²) in [5.41, 5.74) is 7.22. The average molecular weight is 467 g/mol. The topological polar surface area (TPSA) is 69.8 Å². The minimum absolute atomic E-state index is 0.126. The van der Waals surface area contributed by atoms with Crippen molar-refractivity contribution in [1.29, 1.82) is 0 Å². The molecule has 3 aromatic rings. The standard InChI is InChI=1S/C29H27FN4O/c1-3-4-7-23(15-22-8-11-24(30)12-9-22)20(2)32-14-5-6-21-10-13-26-27(17-25-18-31-19-33-25)29(35)34-28(26)16-21/h3-13,16-19,32H,1,14-15H2,2H3,(H,31,33)(H,34,35)/b6-5+,7-4-,23-20-,27-17-. The number of aromatic amines is 1. The van der Waals surface area contributed by atoms with E-state index in [1.54, 1.807) is 36.8 Å². The van der Waals surface area contributed by atoms with Crippen LogP contribution in [0.4, 0.5) is 10.1 Å². The Morgan fingerprint density at radius 3 is 2.77 bits per heavy atom. The first kappa shape index (κ1) is 23.7. The molecule has 0 fully saturated rings. The van der Waals surface area contributed by atoms with E-state index in [4.69, 9.17) is 0 Å². The molecule has 0 saturated heterocycles. The molecule has 0 radical (unpaired) electrons. The normalized spacial score (nSPS) is 14.9. The van der Waals surface area contributed by atoms with Crippen molar-refractivity contribution in [1.82, 2.24) is 15.3 Å². The molecule has 35 heavy (non-hydrogen) atoms. The Bertz CT molecular complexity index is 1330. The van der Waals surface area contributed by atoms with Gasteiger partial charge in [0.1, 0.15) is 5.82 Å². The number of carbonyl (C=O) groups excluding carboxylic acids is 1. The third-order valence-electron chi connectivity index (χ3n) is 5.66. The van der Waals surface area contributed by atoms with Gasteiger partial charge in [0, 0.05) is 23.5 Å². The van der Waals surface area contributed by atoms with Crippen LogP contribution in [0.1, 0.15) is 29.3 Å². The van der Waals surface area contributed by atoms with Crippen LogP contribution in [0.2, 0.25) is 0 Å². The van der Waals surface area contributed by atoms with Crippen LogP contribution in [0, 0.1) is 5.82 Å². The lowest BCUT2D eigenvalue weighted by molar-refractivity contribution is -0.110. The maximum Gasteiger partial charge on any atom is 0.256 e. The lowest BCUT2D eigenvalue weighted by Gasteiger charge is -2.11. The van der Waals surface area contributed by atoms with Gasteiger partial charge in [0.2, 0.25) is 0 Å². The second kappa shape index (κ2) is 11.1. The first-order valence-corrected chi connectivity index (χ1v) is 11.3. The van der Waals surface area contributed by atoms with Crippen LogP contribution in [-0.2, 0) is 11.2 Å². The number of hydrogen-bond acceptors (Lipinski definition) is 3. The molecule has 0 aliphatic carbocycles. The van der Waals surface area contributed by atoms with E-state index in [0.717, 1.165) is 39.3 Å². The van der Waals surface area contributed by atoms with E-state index < -0.39 is 0 Å². The number of aromatic nitrogens is 2. The number of rotatable bonds is 9. The summed E-state index contributed by atoms with van der Waals surface area (Å²) in [6, 6.07) is 12.5. The number of nitrogens with one attached hydrogen (secondary N) is 3. The third kappa shape index (κ3) is 6.12. The second-order valence-electron chi connectivity index (χ2n) is 8.16. The van der Waals surface area contributed by atoms with E-state index in [1.807, 2.05) is 49.4 Å². The van der Waals surface area contributed by atoms with Crippen LogP contribution < -0.4 is 10.6 Å². The summed E-state index contributed by atoms with van der Waals surface area (Å²) in [4.78, 5) is 19.4. The van der Waals surface area contributed by atoms with Crippen LogP contribution in [0.5, 0.6) is 0 Å². The zero-order valence-corrected chi connectivity index (χ0v) is 19.5. The fourth-order valence-electron chi connectivity index (χ4n) is 3.80. The van der Waals surface area contributed by atoms with Crippen LogP contribution in [0.15, 0.2) is 97.1 Å². The highest BCUT2D eigenvalue weighted by Crippen LogP contribution is 2.33. The monoisotopic (exact) mass is 466 g/mol. The molecule has 1 aliphatic heterocycles. The quantitative estimate of drug-likeness (QED) is 0.272. The van der Waals surface area contributed by atoms with E-state index >= 15 is 0 Å². The van der Waals surface area contributed by atoms with Gasteiger partial charge in [0.05, 0.1) is 23.8 Å². The van der Waals surface area contributed by atoms with Gasteiger partial charge in [-0.15, -0.1) is 0 Å². The minimum atomic E-state index is -0.239. The van der Waals surface area contributed by atoms with Gasteiger partial charge in [0.25, 0.3) is 5.91 Å². The number of benzene rings is 2. The molecule has 0 unspecified atom stereocenters. The van der Waals surface area contributed by atoms with Crippen LogP contribution >= 0.6 is 0 Å². The number of nitrogens with zero attached hydrogens (tertiary/aromatic N) is 1. The molecule has 6 heteroatoms. The number of fused-ring (bicyclic) bond motifs is 1. The highest BCUT2D eigenvalue weighted by Gasteiger charge is 2.24. The number of carbonyl (C=O) groups is 1. The zero-order valence-electron chi connectivity index (χ0n) is 19.5. The van der Waals surface area contributed by atoms with Crippen molar-refractivity contribution in [3.8, 4) is 0 Å². The van der Waals surface area contributed by atoms with Crippen LogP contribution in [0.25, 0.3) is 17.7 Å². The maximum atomic E-state index is 13.2. The molecule has 1 amide bonds. The zero-order chi connectivity index (χ0) is 24.6. The van der Waals surface area contributed by atoms with Gasteiger partial charge in [0.15, 0.2) is 0 Å². The molecule has 0 bridgehead atoms. The predicted molar refractivity (Wildman–Crippen MR) is 141 cm³/mol. The number of H-pyrrole nitrogens is 1. The summed E-state index contributed by atoms with van der Waals surface area (Å²) in [5, 5.41) is 6.36. The number of halogens is 1. The smallest absolute Gasteiger partial charge is 0.256 e. The van der Waals surface area contributed by atoms with Crippen molar-refractivity contribution >= 4 is 29.3 Å². The number of amides is 1. The summed E-state index contributed by atoms with van der Waals surface area (Å²) >= 11 is 0. The first-order chi connectivity index (χ1) is 17.0. The third-order valence-corrected chi connectivity index (χ3v) is 5.66. The fourth-order valence-corrected chi connectivity index (χ4v) is 3.80. The molecule has 2 heterocycles. The van der Waals surface area contributed by atoms with Gasteiger partial charge in [-0.05, 0) is 54.3 Å². The second-order valence-corrected chi connectivity index (χ2v) is 8.16. The summed E-state index contributed by atoms with van der Waals surface area (Å²) in [6.07, 6.45) is 15.4. The van der Waals surface area contributed by atoms with Gasteiger partial charge < -0.3 is 15.6 Å². The van der Waals surface area contributed by atoms with Crippen molar-refractivity contribution in [2.75, 3.05) is 11.9 Å². The molecule has 4 rings (SSSR count). The molecule has 5 nitrogen and oxygen atoms in total. The van der Waals surface area contributed by atoms with Gasteiger partial charge >= 0.3 is 0 Å². The Hall–Kier alpha value is -4.45. The van der Waals surface area contributed by atoms with E-state index in [-0.39, 0.29) is 11.7 Å². The van der Waals surface area contributed by atoms with Crippen molar-refractivity contribution < 1.29 is 9.18 Å². The first-order valence-electron chi connectivity index (χ1n) is 11.3. The molecule has 176 valence electrons. The van der Waals surface area contributed by atoms with Crippen molar-refractivity contribution in [2.24, 2.45) is 0 Å². The van der Waals surface area contributed by atoms with E-state index in [9.17, 15) is 9.18 Å². The number of hydrogen-bond donors (Lipinski definition) is 3. The largest absolute Gasteiger partial charge is 0.385 e. The molecule has 0 atom stereocenters. The average Bonchev–Trinajstić information content (AvgIpc) is 3.48. The lowest BCUT2D eigenvalue weighted by Crippen LogP contribution is -2.13. The SMILES string of the molecule is C=C/C=C\C(Cc1ccc(F)cc1)=C(/C)NC/C=C/c1ccc2c(c1)NC(=O)/C2=C\c1cnc[nH]1. The highest BCUT2D eigenvalue weighted by atomic mass is 19.1. The number of imidazole rings is 1. The molecule has 3 N–H and O–H groups in total. The Labute approximate surface area is 204 Å². The van der Waals surface area contributed by atoms with Gasteiger partial charge in [-0.1, -0.05) is 61.2 Å². The van der Waals surface area contributed by atoms with Crippen LogP contribution in [0.3, 0.4) is 0 Å². The molecule has 1 aliphatic rings. The van der Waals surface area contributed by atoms with Crippen molar-refractivity contribution in [3.63, 3.8) is 0 Å². The van der Waals surface area contributed by atoms with E-state index in [0.29, 0.717) is 18.5 Å². The van der Waals surface area contributed by atoms with Gasteiger partial charge in [-0.25, -0.2) is 9.37 Å². The van der Waals surface area contributed by atoms with Crippen LogP contribution in [-0.4, -0.2) is 22.4 Å². The lowest BCUT2D eigenvalue weighted by atomic mass is 10.0. The van der Waals surface area contributed by atoms with Crippen molar-refractivity contribution in [3.05, 3.63) is 125 Å². The highest BCUT2D eigenvalue weighted by molar-refractivity contribution is 6.34. The Kier molecular flexibility index (Phi) is 7.53. The molecular weight excluding hydrogens is 439 g/mol. The maximum absolute atomic E-state index is 13.2. The fraction of sp³-hybridized carbons (Fsp3) is 0.103. The van der Waals surface area contributed by atoms with E-state index in [1.165, 1.54) is 12.1 Å². The summed E-state index contributed by atoms with van der Waals surface area (Å²) < 4.78 is 13.2. The van der Waals surface area contributed by atoms with Gasteiger partial charge in [-0.3, -0.25) is 4.79 Å². The number of allylic oxidation sites excluding steroid dienone is 5. The summed E-state index contributed by atoms with van der Waals surface area (Å²) in [7, 11) is 0. The molecular formula is C29H27FN4O. The Morgan fingerprint density at radius 2 is 2.03 bits per heavy atom. The Morgan fingerprint density at radius 1 is 1.20 bits per heavy atom. The molecule has 0 saturated carbocycles. The summed E-state index contributed by atoms with van der Waals surface area (Å²) in [5.74, 6) is -0.364. The predicted octanol–water partition coefficient (Wildman–Crippen LogP) is 5.90. The van der Waals surface area contributed by atoms with Gasteiger partial charge in [-0.2, -0.15) is 0 Å². The number of anilines is 1. The summed E-state index contributed by atoms with van der Waals surface area (Å²) in [6.45, 7) is 6.41. The van der Waals surface area contributed by atoms with Crippen molar-refractivity contribution in [2.45, 2.75) is 13.3 Å².